The molecule has 0 aliphatic carbocycles. The maximum Gasteiger partial charge on any atom is 0.256 e. The van der Waals surface area contributed by atoms with E-state index < -0.39 is 11.9 Å². The zero-order valence-corrected chi connectivity index (χ0v) is 9.28. The molecule has 16 heavy (non-hydrogen) atoms. The molecule has 0 radical (unpaired) electrons. The molecule has 0 saturated heterocycles. The Morgan fingerprint density at radius 3 is 2.50 bits per heavy atom. The van der Waals surface area contributed by atoms with Crippen molar-refractivity contribution in [2.75, 3.05) is 0 Å². The van der Waals surface area contributed by atoms with E-state index in [4.69, 9.17) is 5.84 Å². The third kappa shape index (κ3) is 2.80. The summed E-state index contributed by atoms with van der Waals surface area (Å²) in [7, 11) is 0. The van der Waals surface area contributed by atoms with Crippen LogP contribution in [0.15, 0.2) is 24.3 Å². The van der Waals surface area contributed by atoms with Crippen molar-refractivity contribution < 1.29 is 9.59 Å². The predicted octanol–water partition coefficient (Wildman–Crippen LogP) is 0.103. The molecule has 1 rings (SSSR count). The summed E-state index contributed by atoms with van der Waals surface area (Å²) < 4.78 is 0. The Bertz CT molecular complexity index is 404. The molecule has 1 unspecified atom stereocenters. The maximum atomic E-state index is 11.8. The van der Waals surface area contributed by atoms with Gasteiger partial charge in [0.15, 0.2) is 0 Å². The number of nitrogens with two attached hydrogens (primary N) is 1. The number of rotatable bonds is 3. The van der Waals surface area contributed by atoms with Gasteiger partial charge in [0.1, 0.15) is 6.04 Å². The van der Waals surface area contributed by atoms with Gasteiger partial charge < -0.3 is 5.32 Å². The van der Waals surface area contributed by atoms with Gasteiger partial charge in [-0.15, -0.1) is 0 Å². The van der Waals surface area contributed by atoms with Gasteiger partial charge in [0.25, 0.3) is 11.8 Å². The number of hydrazine groups is 1. The highest BCUT2D eigenvalue weighted by molar-refractivity contribution is 5.98. The average molecular weight is 221 g/mol. The molecule has 1 atom stereocenters. The third-order valence-electron chi connectivity index (χ3n) is 2.27. The van der Waals surface area contributed by atoms with Crippen LogP contribution in [0.2, 0.25) is 0 Å². The molecule has 1 aromatic rings. The molecule has 0 saturated carbocycles. The van der Waals surface area contributed by atoms with Crippen molar-refractivity contribution in [3.63, 3.8) is 0 Å². The normalized spacial score (nSPS) is 11.7. The van der Waals surface area contributed by atoms with Crippen molar-refractivity contribution >= 4 is 11.8 Å². The van der Waals surface area contributed by atoms with Gasteiger partial charge in [-0.2, -0.15) is 0 Å². The minimum Gasteiger partial charge on any atom is -0.340 e. The lowest BCUT2D eigenvalue weighted by atomic mass is 10.1. The van der Waals surface area contributed by atoms with Crippen molar-refractivity contribution in [3.05, 3.63) is 35.4 Å². The highest BCUT2D eigenvalue weighted by atomic mass is 16.2. The summed E-state index contributed by atoms with van der Waals surface area (Å²) in [5.74, 6) is 4.25. The topological polar surface area (TPSA) is 84.2 Å². The molecule has 2 amide bonds. The van der Waals surface area contributed by atoms with Gasteiger partial charge in [0, 0.05) is 5.56 Å². The Kier molecular flexibility index (Phi) is 4.02. The molecule has 0 fully saturated rings. The van der Waals surface area contributed by atoms with Crippen LogP contribution >= 0.6 is 0 Å². The lowest BCUT2D eigenvalue weighted by Crippen LogP contribution is -2.47. The van der Waals surface area contributed by atoms with Crippen molar-refractivity contribution in [2.45, 2.75) is 19.9 Å². The first-order valence-electron chi connectivity index (χ1n) is 4.93. The average Bonchev–Trinajstić information content (AvgIpc) is 2.28. The van der Waals surface area contributed by atoms with E-state index in [0.717, 1.165) is 5.56 Å². The van der Waals surface area contributed by atoms with Crippen LogP contribution in [0.1, 0.15) is 22.8 Å². The second kappa shape index (κ2) is 5.27. The number of nitrogens with one attached hydrogen (secondary N) is 2. The van der Waals surface area contributed by atoms with Crippen LogP contribution in [0.4, 0.5) is 0 Å². The zero-order valence-electron chi connectivity index (χ0n) is 9.28. The fraction of sp³-hybridized carbons (Fsp3) is 0.273. The molecule has 86 valence electrons. The van der Waals surface area contributed by atoms with Crippen LogP contribution in [0, 0.1) is 6.92 Å². The van der Waals surface area contributed by atoms with Gasteiger partial charge in [-0.1, -0.05) is 18.2 Å². The Morgan fingerprint density at radius 2 is 1.94 bits per heavy atom. The highest BCUT2D eigenvalue weighted by Gasteiger charge is 2.16. The van der Waals surface area contributed by atoms with E-state index >= 15 is 0 Å². The smallest absolute Gasteiger partial charge is 0.256 e. The van der Waals surface area contributed by atoms with Gasteiger partial charge >= 0.3 is 0 Å². The molecular formula is C11H15N3O2. The van der Waals surface area contributed by atoms with Crippen LogP contribution < -0.4 is 16.6 Å². The second-order valence-electron chi connectivity index (χ2n) is 3.52. The van der Waals surface area contributed by atoms with E-state index in [2.05, 4.69) is 5.32 Å². The first-order chi connectivity index (χ1) is 7.56. The van der Waals surface area contributed by atoms with Gasteiger partial charge in [0.2, 0.25) is 0 Å². The second-order valence-corrected chi connectivity index (χ2v) is 3.52. The van der Waals surface area contributed by atoms with Crippen LogP contribution in [0.25, 0.3) is 0 Å². The molecule has 0 spiro atoms. The summed E-state index contributed by atoms with van der Waals surface area (Å²) in [6.45, 7) is 3.40. The van der Waals surface area contributed by atoms with Crippen molar-refractivity contribution in [1.82, 2.24) is 10.7 Å². The number of hydrogen-bond acceptors (Lipinski definition) is 3. The SMILES string of the molecule is Cc1ccccc1C(=O)NC(C)C(=O)NN. The Morgan fingerprint density at radius 1 is 1.31 bits per heavy atom. The fourth-order valence-corrected chi connectivity index (χ4v) is 1.29. The van der Waals surface area contributed by atoms with Crippen molar-refractivity contribution in [2.24, 2.45) is 5.84 Å². The molecule has 0 aromatic heterocycles. The summed E-state index contributed by atoms with van der Waals surface area (Å²) >= 11 is 0. The molecule has 0 bridgehead atoms. The first kappa shape index (κ1) is 12.2. The summed E-state index contributed by atoms with van der Waals surface area (Å²) in [4.78, 5) is 22.9. The van der Waals surface area contributed by atoms with E-state index in [1.54, 1.807) is 19.1 Å². The van der Waals surface area contributed by atoms with Gasteiger partial charge in [0.05, 0.1) is 0 Å². The Balaban J connectivity index is 2.73. The molecule has 5 heteroatoms. The molecule has 0 heterocycles. The molecule has 0 aliphatic rings. The fourth-order valence-electron chi connectivity index (χ4n) is 1.29. The molecule has 1 aromatic carbocycles. The summed E-state index contributed by atoms with van der Waals surface area (Å²) in [6, 6.07) is 6.51. The van der Waals surface area contributed by atoms with Crippen LogP contribution in [-0.2, 0) is 4.79 Å². The minimum absolute atomic E-state index is 0.283. The van der Waals surface area contributed by atoms with E-state index in [9.17, 15) is 9.59 Å². The summed E-state index contributed by atoms with van der Waals surface area (Å²) in [6.07, 6.45) is 0. The van der Waals surface area contributed by atoms with E-state index in [-0.39, 0.29) is 5.91 Å². The van der Waals surface area contributed by atoms with Gasteiger partial charge in [-0.05, 0) is 25.5 Å². The van der Waals surface area contributed by atoms with Crippen molar-refractivity contribution in [3.8, 4) is 0 Å². The lowest BCUT2D eigenvalue weighted by Gasteiger charge is -2.13. The number of benzene rings is 1. The number of hydrogen-bond donors (Lipinski definition) is 3. The number of carbonyl (C=O) groups excluding carboxylic acids is 2. The molecule has 4 N–H and O–H groups in total. The number of amides is 2. The monoisotopic (exact) mass is 221 g/mol. The van der Waals surface area contributed by atoms with E-state index in [0.29, 0.717) is 5.56 Å². The molecule has 5 nitrogen and oxygen atoms in total. The summed E-state index contributed by atoms with van der Waals surface area (Å²) in [5, 5.41) is 2.56. The molecular weight excluding hydrogens is 206 g/mol. The third-order valence-corrected chi connectivity index (χ3v) is 2.27. The van der Waals surface area contributed by atoms with Crippen LogP contribution in [0.3, 0.4) is 0 Å². The van der Waals surface area contributed by atoms with E-state index in [1.807, 2.05) is 24.5 Å². The standard InChI is InChI=1S/C11H15N3O2/c1-7-5-3-4-6-9(7)11(16)13-8(2)10(15)14-12/h3-6,8H,12H2,1-2H3,(H,13,16)(H,14,15). The zero-order chi connectivity index (χ0) is 12.1. The van der Waals surface area contributed by atoms with Crippen LogP contribution in [-0.4, -0.2) is 17.9 Å². The van der Waals surface area contributed by atoms with Crippen molar-refractivity contribution in [1.29, 1.82) is 0 Å². The van der Waals surface area contributed by atoms with Crippen LogP contribution in [0.5, 0.6) is 0 Å². The first-order valence-corrected chi connectivity index (χ1v) is 4.93. The molecule has 0 aliphatic heterocycles. The Labute approximate surface area is 94.0 Å². The largest absolute Gasteiger partial charge is 0.340 e. The van der Waals surface area contributed by atoms with E-state index in [1.165, 1.54) is 0 Å². The summed E-state index contributed by atoms with van der Waals surface area (Å²) in [5.41, 5.74) is 3.40. The number of carbonyl (C=O) groups is 2. The van der Waals surface area contributed by atoms with Gasteiger partial charge in [-0.25, -0.2) is 5.84 Å². The predicted molar refractivity (Wildman–Crippen MR) is 60.4 cm³/mol. The maximum absolute atomic E-state index is 11.8. The van der Waals surface area contributed by atoms with Gasteiger partial charge in [-0.3, -0.25) is 15.0 Å². The highest BCUT2D eigenvalue weighted by Crippen LogP contribution is 2.06. The quantitative estimate of drug-likeness (QED) is 0.384. The Hall–Kier alpha value is -1.88. The lowest BCUT2D eigenvalue weighted by molar-refractivity contribution is -0.122. The number of aryl methyl sites for hydroxylation is 1. The minimum atomic E-state index is -0.655.